The first-order chi connectivity index (χ1) is 8.19. The molecule has 2 heterocycles. The molecule has 0 unspecified atom stereocenters. The summed E-state index contributed by atoms with van der Waals surface area (Å²) in [6.45, 7) is 0. The molecule has 0 atom stereocenters. The minimum absolute atomic E-state index is 0.417. The Hall–Kier alpha value is -1.65. The Morgan fingerprint density at radius 2 is 2.18 bits per heavy atom. The van der Waals surface area contributed by atoms with E-state index in [1.54, 1.807) is 12.3 Å². The Labute approximate surface area is 107 Å². The van der Waals surface area contributed by atoms with E-state index in [1.165, 1.54) is 23.1 Å². The summed E-state index contributed by atoms with van der Waals surface area (Å²) in [6.07, 6.45) is 1.67. The first kappa shape index (κ1) is 11.8. The molecule has 5 nitrogen and oxygen atoms in total. The van der Waals surface area contributed by atoms with E-state index in [9.17, 15) is 0 Å². The van der Waals surface area contributed by atoms with Crippen LogP contribution in [-0.2, 0) is 0 Å². The third-order valence-electron chi connectivity index (χ3n) is 1.83. The topological polar surface area (TPSA) is 65.7 Å². The van der Waals surface area contributed by atoms with Crippen LogP contribution in [0.25, 0.3) is 0 Å². The van der Waals surface area contributed by atoms with Gasteiger partial charge in [-0.1, -0.05) is 23.1 Å². The van der Waals surface area contributed by atoms with Crippen molar-refractivity contribution in [2.45, 2.75) is 9.24 Å². The molecule has 0 saturated carbocycles. The molecule has 0 radical (unpaired) electrons. The number of anilines is 1. The van der Waals surface area contributed by atoms with Crippen LogP contribution in [-0.4, -0.2) is 29.3 Å². The number of nitrogens with zero attached hydrogens (tertiary/aromatic N) is 5. The second kappa shape index (κ2) is 5.12. The van der Waals surface area contributed by atoms with Crippen LogP contribution in [0, 0.1) is 11.3 Å². The van der Waals surface area contributed by atoms with E-state index in [0.29, 0.717) is 5.69 Å². The summed E-state index contributed by atoms with van der Waals surface area (Å²) in [6, 6.07) is 5.53. The van der Waals surface area contributed by atoms with Crippen LogP contribution < -0.4 is 4.90 Å². The lowest BCUT2D eigenvalue weighted by molar-refractivity contribution is 0.972. The van der Waals surface area contributed by atoms with E-state index in [1.807, 2.05) is 31.1 Å². The zero-order valence-electron chi connectivity index (χ0n) is 9.28. The molecule has 2 aromatic rings. The summed E-state index contributed by atoms with van der Waals surface area (Å²) in [5.74, 6) is 0. The molecule has 0 aliphatic heterocycles. The molecule has 0 spiro atoms. The summed E-state index contributed by atoms with van der Waals surface area (Å²) in [7, 11) is 3.86. The van der Waals surface area contributed by atoms with Crippen molar-refractivity contribution in [2.24, 2.45) is 0 Å². The van der Waals surface area contributed by atoms with E-state index in [2.05, 4.69) is 15.2 Å². The molecule has 17 heavy (non-hydrogen) atoms. The Kier molecular flexibility index (Phi) is 3.56. The van der Waals surface area contributed by atoms with Crippen molar-refractivity contribution >= 4 is 28.2 Å². The average molecular weight is 263 g/mol. The van der Waals surface area contributed by atoms with Gasteiger partial charge in [-0.25, -0.2) is 4.98 Å². The summed E-state index contributed by atoms with van der Waals surface area (Å²) in [5.41, 5.74) is 0.417. The van der Waals surface area contributed by atoms with Gasteiger partial charge in [0.25, 0.3) is 0 Å². The van der Waals surface area contributed by atoms with Crippen molar-refractivity contribution in [3.05, 3.63) is 24.0 Å². The van der Waals surface area contributed by atoms with Crippen LogP contribution in [0.15, 0.2) is 27.6 Å². The first-order valence-corrected chi connectivity index (χ1v) is 6.37. The van der Waals surface area contributed by atoms with E-state index >= 15 is 0 Å². The van der Waals surface area contributed by atoms with Crippen molar-refractivity contribution in [3.63, 3.8) is 0 Å². The molecule has 0 N–H and O–H groups in total. The lowest BCUT2D eigenvalue weighted by atomic mass is 10.4. The lowest BCUT2D eigenvalue weighted by Gasteiger charge is -2.03. The van der Waals surface area contributed by atoms with Crippen molar-refractivity contribution in [1.82, 2.24) is 15.2 Å². The van der Waals surface area contributed by atoms with Crippen LogP contribution >= 0.6 is 23.1 Å². The van der Waals surface area contributed by atoms with Gasteiger partial charge in [0.05, 0.1) is 0 Å². The maximum atomic E-state index is 8.64. The van der Waals surface area contributed by atoms with Crippen molar-refractivity contribution in [2.75, 3.05) is 19.0 Å². The van der Waals surface area contributed by atoms with Crippen LogP contribution in [0.5, 0.6) is 0 Å². The number of aromatic nitrogens is 3. The largest absolute Gasteiger partial charge is 0.353 e. The number of nitriles is 1. The average Bonchev–Trinajstić information content (AvgIpc) is 2.79. The molecule has 86 valence electrons. The maximum Gasteiger partial charge on any atom is 0.208 e. The van der Waals surface area contributed by atoms with Crippen LogP contribution in [0.3, 0.4) is 0 Å². The van der Waals surface area contributed by atoms with Gasteiger partial charge in [0.2, 0.25) is 5.13 Å². The van der Waals surface area contributed by atoms with Crippen LogP contribution in [0.1, 0.15) is 5.69 Å². The highest BCUT2D eigenvalue weighted by atomic mass is 32.2. The molecule has 0 aromatic carbocycles. The fraction of sp³-hybridized carbons (Fsp3) is 0.200. The molecule has 0 bridgehead atoms. The Bertz CT molecular complexity index is 541. The maximum absolute atomic E-state index is 8.64. The number of rotatable bonds is 3. The van der Waals surface area contributed by atoms with Crippen LogP contribution in [0.2, 0.25) is 0 Å². The van der Waals surface area contributed by atoms with Gasteiger partial charge < -0.3 is 4.90 Å². The monoisotopic (exact) mass is 263 g/mol. The van der Waals surface area contributed by atoms with E-state index in [4.69, 9.17) is 5.26 Å². The molecule has 2 rings (SSSR count). The van der Waals surface area contributed by atoms with Crippen molar-refractivity contribution < 1.29 is 0 Å². The normalized spacial score (nSPS) is 9.94. The van der Waals surface area contributed by atoms with E-state index < -0.39 is 0 Å². The highest BCUT2D eigenvalue weighted by Crippen LogP contribution is 2.32. The number of hydrogen-bond donors (Lipinski definition) is 0. The predicted molar refractivity (Wildman–Crippen MR) is 67.3 cm³/mol. The minimum atomic E-state index is 0.417. The van der Waals surface area contributed by atoms with Gasteiger partial charge in [0, 0.05) is 25.2 Å². The zero-order valence-corrected chi connectivity index (χ0v) is 10.9. The number of hydrogen-bond acceptors (Lipinski definition) is 7. The zero-order chi connectivity index (χ0) is 12.3. The molecule has 0 amide bonds. The predicted octanol–water partition coefficient (Wildman–Crippen LogP) is 2.02. The Morgan fingerprint density at radius 1 is 1.35 bits per heavy atom. The molecular formula is C10H9N5S2. The summed E-state index contributed by atoms with van der Waals surface area (Å²) < 4.78 is 0.861. The van der Waals surface area contributed by atoms with Gasteiger partial charge in [-0.3, -0.25) is 0 Å². The van der Waals surface area contributed by atoms with Gasteiger partial charge >= 0.3 is 0 Å². The third kappa shape index (κ3) is 2.93. The highest BCUT2D eigenvalue weighted by molar-refractivity contribution is 8.01. The smallest absolute Gasteiger partial charge is 0.208 e. The molecular weight excluding hydrogens is 254 g/mol. The van der Waals surface area contributed by atoms with Gasteiger partial charge in [0.1, 0.15) is 11.8 Å². The fourth-order valence-corrected chi connectivity index (χ4v) is 2.74. The van der Waals surface area contributed by atoms with Crippen LogP contribution in [0.4, 0.5) is 5.13 Å². The summed E-state index contributed by atoms with van der Waals surface area (Å²) in [5, 5.41) is 17.6. The molecule has 2 aromatic heterocycles. The quantitative estimate of drug-likeness (QED) is 0.844. The Morgan fingerprint density at radius 3 is 2.71 bits per heavy atom. The minimum Gasteiger partial charge on any atom is -0.353 e. The van der Waals surface area contributed by atoms with Gasteiger partial charge in [-0.15, -0.1) is 10.2 Å². The number of pyridine rings is 1. The molecule has 7 heteroatoms. The molecule has 0 saturated heterocycles. The van der Waals surface area contributed by atoms with E-state index in [-0.39, 0.29) is 0 Å². The van der Waals surface area contributed by atoms with Gasteiger partial charge in [-0.2, -0.15) is 5.26 Å². The second-order valence-electron chi connectivity index (χ2n) is 3.34. The summed E-state index contributed by atoms with van der Waals surface area (Å²) in [4.78, 5) is 6.86. The van der Waals surface area contributed by atoms with E-state index in [0.717, 1.165) is 14.4 Å². The Balaban J connectivity index is 2.11. The second-order valence-corrected chi connectivity index (χ2v) is 5.61. The van der Waals surface area contributed by atoms with Crippen molar-refractivity contribution in [1.29, 1.82) is 5.26 Å². The van der Waals surface area contributed by atoms with Crippen molar-refractivity contribution in [3.8, 4) is 6.07 Å². The lowest BCUT2D eigenvalue weighted by Crippen LogP contribution is -2.07. The summed E-state index contributed by atoms with van der Waals surface area (Å²) >= 11 is 3.01. The molecule has 0 aliphatic rings. The van der Waals surface area contributed by atoms with Gasteiger partial charge in [0.15, 0.2) is 4.34 Å². The third-order valence-corrected chi connectivity index (χ3v) is 3.95. The highest BCUT2D eigenvalue weighted by Gasteiger charge is 2.07. The first-order valence-electron chi connectivity index (χ1n) is 4.74. The molecule has 0 aliphatic carbocycles. The fourth-order valence-electron chi connectivity index (χ4n) is 1.03. The van der Waals surface area contributed by atoms with Gasteiger partial charge in [-0.05, 0) is 12.1 Å². The SMILES string of the molecule is CN(C)c1nnc(Sc2ccc(C#N)nc2)s1. The standard InChI is InChI=1S/C10H9N5S2/c1-15(2)9-13-14-10(17-9)16-8-4-3-7(5-11)12-6-8/h3-4,6H,1-2H3. The molecule has 0 fully saturated rings.